The van der Waals surface area contributed by atoms with Crippen LogP contribution >= 0.6 is 0 Å². The molecule has 0 unspecified atom stereocenters. The fourth-order valence-electron chi connectivity index (χ4n) is 2.26. The third-order valence-electron chi connectivity index (χ3n) is 3.26. The highest BCUT2D eigenvalue weighted by molar-refractivity contribution is 6.15. The number of Topliss-reactive ketones (excluding diaryl/α,β-unsaturated/α-hetero) is 2. The zero-order valence-electron chi connectivity index (χ0n) is 11.6. The van der Waals surface area contributed by atoms with Gasteiger partial charge in [-0.2, -0.15) is 10.2 Å². The van der Waals surface area contributed by atoms with Crippen molar-refractivity contribution in [2.75, 3.05) is 0 Å². The first-order valence-electron chi connectivity index (χ1n) is 6.40. The molecule has 0 aliphatic heterocycles. The number of hydrogen-bond acceptors (Lipinski definition) is 5. The average molecular weight is 283 g/mol. The van der Waals surface area contributed by atoms with E-state index in [1.54, 1.807) is 48.0 Å². The Kier molecular flexibility index (Phi) is 3.09. The van der Waals surface area contributed by atoms with E-state index in [0.717, 1.165) is 0 Å². The molecule has 0 amide bonds. The molecule has 0 aliphatic rings. The van der Waals surface area contributed by atoms with Gasteiger partial charge in [0, 0.05) is 25.6 Å². The summed E-state index contributed by atoms with van der Waals surface area (Å²) in [6, 6.07) is 0. The van der Waals surface area contributed by atoms with Gasteiger partial charge in [0.1, 0.15) is 0 Å². The predicted molar refractivity (Wildman–Crippen MR) is 74.2 cm³/mol. The Morgan fingerprint density at radius 2 is 1.95 bits per heavy atom. The number of nitrogens with zero attached hydrogens (tertiary/aromatic N) is 5. The van der Waals surface area contributed by atoms with Gasteiger partial charge in [-0.15, -0.1) is 0 Å². The Morgan fingerprint density at radius 1 is 1.19 bits per heavy atom. The number of rotatable bonds is 4. The predicted octanol–water partition coefficient (Wildman–Crippen LogP) is 1.23. The molecule has 3 aromatic rings. The van der Waals surface area contributed by atoms with Crippen molar-refractivity contribution < 1.29 is 9.59 Å². The third kappa shape index (κ3) is 2.33. The van der Waals surface area contributed by atoms with E-state index < -0.39 is 0 Å². The summed E-state index contributed by atoms with van der Waals surface area (Å²) in [5.41, 5.74) is 2.09. The Labute approximate surface area is 120 Å². The van der Waals surface area contributed by atoms with E-state index in [9.17, 15) is 9.59 Å². The summed E-state index contributed by atoms with van der Waals surface area (Å²) in [4.78, 5) is 28.5. The van der Waals surface area contributed by atoms with Crippen LogP contribution < -0.4 is 0 Å². The van der Waals surface area contributed by atoms with Gasteiger partial charge in [0.05, 0.1) is 41.2 Å². The molecule has 3 rings (SSSR count). The Hall–Kier alpha value is -2.83. The minimum Gasteiger partial charge on any atom is -0.294 e. The third-order valence-corrected chi connectivity index (χ3v) is 3.26. The van der Waals surface area contributed by atoms with E-state index in [-0.39, 0.29) is 18.0 Å². The van der Waals surface area contributed by atoms with E-state index in [0.29, 0.717) is 22.3 Å². The zero-order valence-corrected chi connectivity index (χ0v) is 11.6. The first kappa shape index (κ1) is 13.2. The molecule has 0 aliphatic carbocycles. The Balaban J connectivity index is 1.86. The highest BCUT2D eigenvalue weighted by Crippen LogP contribution is 2.14. The lowest BCUT2D eigenvalue weighted by Crippen LogP contribution is -2.09. The summed E-state index contributed by atoms with van der Waals surface area (Å²) in [6.45, 7) is 1.75. The fraction of sp³-hybridized carbons (Fsp3) is 0.214. The van der Waals surface area contributed by atoms with Crippen LogP contribution in [0.15, 0.2) is 31.0 Å². The average Bonchev–Trinajstić information content (AvgIpc) is 3.01. The minimum atomic E-state index is -0.272. The lowest BCUT2D eigenvalue weighted by atomic mass is 10.0. The van der Waals surface area contributed by atoms with Crippen molar-refractivity contribution in [3.05, 3.63) is 47.8 Å². The molecule has 3 heterocycles. The van der Waals surface area contributed by atoms with Crippen molar-refractivity contribution in [2.45, 2.75) is 13.3 Å². The van der Waals surface area contributed by atoms with Gasteiger partial charge in [-0.1, -0.05) is 0 Å². The summed E-state index contributed by atoms with van der Waals surface area (Å²) in [5, 5.41) is 8.18. The van der Waals surface area contributed by atoms with E-state index in [1.165, 1.54) is 6.20 Å². The second-order valence-corrected chi connectivity index (χ2v) is 4.79. The van der Waals surface area contributed by atoms with Gasteiger partial charge in [-0.25, -0.2) is 4.52 Å². The summed E-state index contributed by atoms with van der Waals surface area (Å²) < 4.78 is 3.12. The van der Waals surface area contributed by atoms with Crippen LogP contribution in [0, 0.1) is 6.92 Å². The monoisotopic (exact) mass is 283 g/mol. The highest BCUT2D eigenvalue weighted by Gasteiger charge is 2.20. The van der Waals surface area contributed by atoms with Crippen LogP contribution in [0.5, 0.6) is 0 Å². The summed E-state index contributed by atoms with van der Waals surface area (Å²) in [5.74, 6) is -0.514. The topological polar surface area (TPSA) is 82.1 Å². The van der Waals surface area contributed by atoms with Crippen molar-refractivity contribution in [3.63, 3.8) is 0 Å². The number of ketones is 2. The number of carbonyl (C=O) groups excluding carboxylic acids is 2. The maximum atomic E-state index is 12.3. The van der Waals surface area contributed by atoms with Gasteiger partial charge < -0.3 is 0 Å². The summed E-state index contributed by atoms with van der Waals surface area (Å²) in [7, 11) is 1.74. The molecule has 0 atom stereocenters. The first-order valence-corrected chi connectivity index (χ1v) is 6.40. The lowest BCUT2D eigenvalue weighted by Gasteiger charge is -1.98. The largest absolute Gasteiger partial charge is 0.294 e. The number of hydrogen-bond donors (Lipinski definition) is 0. The molecule has 0 saturated carbocycles. The highest BCUT2D eigenvalue weighted by atomic mass is 16.1. The van der Waals surface area contributed by atoms with Gasteiger partial charge >= 0.3 is 0 Å². The number of fused-ring (bicyclic) bond motifs is 1. The number of aromatic nitrogens is 5. The summed E-state index contributed by atoms with van der Waals surface area (Å²) in [6.07, 6.45) is 7.67. The van der Waals surface area contributed by atoms with Crippen molar-refractivity contribution in [2.24, 2.45) is 7.05 Å². The smallest absolute Gasteiger partial charge is 0.174 e. The molecular weight excluding hydrogens is 270 g/mol. The molecular formula is C14H13N5O2. The van der Waals surface area contributed by atoms with Gasteiger partial charge in [-0.3, -0.25) is 19.3 Å². The van der Waals surface area contributed by atoms with Crippen molar-refractivity contribution in [1.82, 2.24) is 24.4 Å². The molecule has 106 valence electrons. The second kappa shape index (κ2) is 4.93. The molecule has 0 spiro atoms. The van der Waals surface area contributed by atoms with E-state index in [4.69, 9.17) is 0 Å². The van der Waals surface area contributed by atoms with Crippen LogP contribution in [0.25, 0.3) is 5.52 Å². The number of carbonyl (C=O) groups is 2. The number of aryl methyl sites for hydroxylation is 2. The van der Waals surface area contributed by atoms with Gasteiger partial charge in [-0.05, 0) is 6.92 Å². The fourth-order valence-corrected chi connectivity index (χ4v) is 2.26. The van der Waals surface area contributed by atoms with Crippen LogP contribution in [0.2, 0.25) is 0 Å². The van der Waals surface area contributed by atoms with Crippen molar-refractivity contribution in [3.8, 4) is 0 Å². The Morgan fingerprint density at radius 3 is 2.67 bits per heavy atom. The van der Waals surface area contributed by atoms with Gasteiger partial charge in [0.2, 0.25) is 0 Å². The quantitative estimate of drug-likeness (QED) is 0.531. The normalized spacial score (nSPS) is 11.0. The lowest BCUT2D eigenvalue weighted by molar-refractivity contribution is 0.0895. The molecule has 0 aromatic carbocycles. The minimum absolute atomic E-state index is 0.206. The maximum absolute atomic E-state index is 12.3. The molecule has 0 saturated heterocycles. The molecule has 0 fully saturated rings. The van der Waals surface area contributed by atoms with Gasteiger partial charge in [0.25, 0.3) is 0 Å². The van der Waals surface area contributed by atoms with E-state index in [1.807, 2.05) is 0 Å². The SMILES string of the molecule is Cc1nn(C)cc1C(=O)CC(=O)c1cnn2ccncc12. The molecule has 7 heteroatoms. The molecule has 0 radical (unpaired) electrons. The van der Waals surface area contributed by atoms with Crippen LogP contribution in [0.3, 0.4) is 0 Å². The molecule has 7 nitrogen and oxygen atoms in total. The molecule has 3 aromatic heterocycles. The van der Waals surface area contributed by atoms with Crippen LogP contribution in [-0.2, 0) is 7.05 Å². The molecule has 0 N–H and O–H groups in total. The van der Waals surface area contributed by atoms with Crippen molar-refractivity contribution >= 4 is 17.1 Å². The molecule has 21 heavy (non-hydrogen) atoms. The Bertz CT molecular complexity index is 846. The van der Waals surface area contributed by atoms with E-state index >= 15 is 0 Å². The van der Waals surface area contributed by atoms with Gasteiger partial charge in [0.15, 0.2) is 11.6 Å². The van der Waals surface area contributed by atoms with E-state index in [2.05, 4.69) is 15.2 Å². The summed E-state index contributed by atoms with van der Waals surface area (Å²) >= 11 is 0. The maximum Gasteiger partial charge on any atom is 0.174 e. The standard InChI is InChI=1S/C14H13N5O2/c1-9-11(8-18(2)17-9)14(21)5-13(20)10-6-16-19-4-3-15-7-12(10)19/h3-4,6-8H,5H2,1-2H3. The second-order valence-electron chi connectivity index (χ2n) is 4.79. The van der Waals surface area contributed by atoms with Crippen molar-refractivity contribution in [1.29, 1.82) is 0 Å². The van der Waals surface area contributed by atoms with Crippen LogP contribution in [0.1, 0.15) is 32.8 Å². The van der Waals surface area contributed by atoms with Crippen LogP contribution in [0.4, 0.5) is 0 Å². The first-order chi connectivity index (χ1) is 10.1. The molecule has 0 bridgehead atoms. The van der Waals surface area contributed by atoms with Crippen LogP contribution in [-0.4, -0.2) is 35.9 Å². The zero-order chi connectivity index (χ0) is 15.0.